The lowest BCUT2D eigenvalue weighted by Crippen LogP contribution is -2.48. The molecule has 7 heteroatoms. The number of benzene rings is 1. The Balaban J connectivity index is 1.31. The number of aryl methyl sites for hydroxylation is 2. The molecule has 1 saturated heterocycles. The molecule has 166 valence electrons. The predicted octanol–water partition coefficient (Wildman–Crippen LogP) is 3.19. The van der Waals surface area contributed by atoms with Gasteiger partial charge >= 0.3 is 0 Å². The van der Waals surface area contributed by atoms with Gasteiger partial charge in [-0.15, -0.1) is 11.3 Å². The number of anilines is 1. The molecule has 1 N–H and O–H groups in total. The molecule has 1 aliphatic heterocycles. The van der Waals surface area contributed by atoms with Gasteiger partial charge in [-0.2, -0.15) is 0 Å². The minimum Gasteiger partial charge on any atom is -0.352 e. The number of hydrogen-bond acceptors (Lipinski definition) is 5. The van der Waals surface area contributed by atoms with Gasteiger partial charge in [-0.3, -0.25) is 9.59 Å². The van der Waals surface area contributed by atoms with Crippen molar-refractivity contribution < 1.29 is 9.59 Å². The van der Waals surface area contributed by atoms with Crippen LogP contribution >= 0.6 is 11.3 Å². The molecule has 1 fully saturated rings. The first-order valence-electron chi connectivity index (χ1n) is 11.4. The van der Waals surface area contributed by atoms with Gasteiger partial charge in [0.1, 0.15) is 0 Å². The van der Waals surface area contributed by atoms with Crippen LogP contribution in [0.15, 0.2) is 24.3 Å². The van der Waals surface area contributed by atoms with E-state index in [0.29, 0.717) is 13.0 Å². The minimum atomic E-state index is 0.0229. The molecule has 1 aromatic carbocycles. The zero-order valence-electron chi connectivity index (χ0n) is 18.5. The highest BCUT2D eigenvalue weighted by atomic mass is 32.1. The number of hydrogen-bond donors (Lipinski definition) is 1. The monoisotopic (exact) mass is 440 g/mol. The van der Waals surface area contributed by atoms with E-state index in [1.54, 1.807) is 11.3 Å². The van der Waals surface area contributed by atoms with Gasteiger partial charge in [0, 0.05) is 49.9 Å². The molecule has 2 amide bonds. The van der Waals surface area contributed by atoms with Crippen molar-refractivity contribution >= 4 is 28.3 Å². The highest BCUT2D eigenvalue weighted by Gasteiger charge is 2.29. The summed E-state index contributed by atoms with van der Waals surface area (Å²) in [6.45, 7) is 7.84. The van der Waals surface area contributed by atoms with Crippen LogP contribution in [-0.4, -0.2) is 47.9 Å². The molecular weight excluding hydrogens is 408 g/mol. The van der Waals surface area contributed by atoms with Gasteiger partial charge in [0.05, 0.1) is 5.69 Å². The van der Waals surface area contributed by atoms with Gasteiger partial charge in [-0.25, -0.2) is 4.98 Å². The third-order valence-electron chi connectivity index (χ3n) is 6.40. The Kier molecular flexibility index (Phi) is 6.90. The van der Waals surface area contributed by atoms with E-state index in [9.17, 15) is 9.59 Å². The van der Waals surface area contributed by atoms with Crippen LogP contribution in [0.5, 0.6) is 0 Å². The number of thiazole rings is 1. The van der Waals surface area contributed by atoms with Crippen molar-refractivity contribution in [3.05, 3.63) is 46.0 Å². The number of rotatable bonds is 6. The molecule has 0 saturated carbocycles. The molecule has 6 nitrogen and oxygen atoms in total. The maximum Gasteiger partial charge on any atom is 0.223 e. The molecule has 1 aliphatic carbocycles. The molecule has 0 spiro atoms. The number of carbonyl (C=O) groups excluding carboxylic acids is 2. The second-order valence-electron chi connectivity index (χ2n) is 8.42. The van der Waals surface area contributed by atoms with E-state index in [4.69, 9.17) is 4.98 Å². The Hall–Kier alpha value is -2.41. The normalized spacial score (nSPS) is 18.6. The largest absolute Gasteiger partial charge is 0.352 e. The topological polar surface area (TPSA) is 65.5 Å². The summed E-state index contributed by atoms with van der Waals surface area (Å²) in [5.41, 5.74) is 3.61. The van der Waals surface area contributed by atoms with Crippen molar-refractivity contribution in [2.75, 3.05) is 31.1 Å². The predicted molar refractivity (Wildman–Crippen MR) is 124 cm³/mol. The molecular formula is C24H32N4O2S. The zero-order valence-corrected chi connectivity index (χ0v) is 19.3. The first-order chi connectivity index (χ1) is 15.1. The number of carbonyl (C=O) groups is 2. The fourth-order valence-corrected chi connectivity index (χ4v) is 5.56. The molecule has 31 heavy (non-hydrogen) atoms. The van der Waals surface area contributed by atoms with Crippen molar-refractivity contribution in [3.8, 4) is 0 Å². The van der Waals surface area contributed by atoms with Gasteiger partial charge in [0.25, 0.3) is 0 Å². The van der Waals surface area contributed by atoms with Crippen molar-refractivity contribution in [2.24, 2.45) is 5.92 Å². The van der Waals surface area contributed by atoms with Crippen molar-refractivity contribution in [1.29, 1.82) is 0 Å². The standard InChI is InChI=1S/C24H32N4O2S/c1-3-17-5-7-18(8-6-17)16-25-23(30)19-9-10-20-21(15-19)31-24(26-20)28-13-11-27(12-14-28)22(29)4-2/h5-8,19H,3-4,9-16H2,1-2H3,(H,25,30)/t19-/m0/s1. The smallest absolute Gasteiger partial charge is 0.223 e. The SMILES string of the molecule is CCC(=O)N1CCN(c2nc3c(s2)C[C@@H](C(=O)NCc2ccc(CC)cc2)CC3)CC1. The highest BCUT2D eigenvalue weighted by Crippen LogP contribution is 2.34. The number of nitrogens with one attached hydrogen (secondary N) is 1. The van der Waals surface area contributed by atoms with E-state index in [2.05, 4.69) is 41.4 Å². The lowest BCUT2D eigenvalue weighted by atomic mass is 9.90. The lowest BCUT2D eigenvalue weighted by molar-refractivity contribution is -0.131. The average molecular weight is 441 g/mol. The molecule has 0 radical (unpaired) electrons. The van der Waals surface area contributed by atoms with E-state index in [0.717, 1.165) is 68.3 Å². The highest BCUT2D eigenvalue weighted by molar-refractivity contribution is 7.15. The van der Waals surface area contributed by atoms with E-state index in [-0.39, 0.29) is 17.7 Å². The summed E-state index contributed by atoms with van der Waals surface area (Å²) in [5, 5.41) is 4.17. The summed E-state index contributed by atoms with van der Waals surface area (Å²) in [5.74, 6) is 0.398. The van der Waals surface area contributed by atoms with Crippen molar-refractivity contribution in [1.82, 2.24) is 15.2 Å². The maximum absolute atomic E-state index is 12.8. The number of aromatic nitrogens is 1. The Bertz CT molecular complexity index is 916. The van der Waals surface area contributed by atoms with Crippen molar-refractivity contribution in [2.45, 2.75) is 52.5 Å². The Morgan fingerprint density at radius 2 is 1.81 bits per heavy atom. The molecule has 1 atom stereocenters. The zero-order chi connectivity index (χ0) is 21.8. The van der Waals surface area contributed by atoms with Crippen LogP contribution in [0.25, 0.3) is 0 Å². The molecule has 4 rings (SSSR count). The Morgan fingerprint density at radius 1 is 1.10 bits per heavy atom. The molecule has 0 bridgehead atoms. The molecule has 1 aromatic heterocycles. The van der Waals surface area contributed by atoms with E-state index >= 15 is 0 Å². The maximum atomic E-state index is 12.8. The number of fused-ring (bicyclic) bond motifs is 1. The summed E-state index contributed by atoms with van der Waals surface area (Å²) in [6, 6.07) is 8.46. The van der Waals surface area contributed by atoms with Gasteiger partial charge in [0.2, 0.25) is 11.8 Å². The van der Waals surface area contributed by atoms with Gasteiger partial charge in [-0.05, 0) is 36.8 Å². The fraction of sp³-hybridized carbons (Fsp3) is 0.542. The fourth-order valence-electron chi connectivity index (χ4n) is 4.32. The third-order valence-corrected chi connectivity index (χ3v) is 7.58. The van der Waals surface area contributed by atoms with Crippen LogP contribution in [0.2, 0.25) is 0 Å². The number of amides is 2. The van der Waals surface area contributed by atoms with Crippen molar-refractivity contribution in [3.63, 3.8) is 0 Å². The second-order valence-corrected chi connectivity index (χ2v) is 9.48. The third kappa shape index (κ3) is 5.09. The molecule has 2 aromatic rings. The van der Waals surface area contributed by atoms with Crippen LogP contribution in [0, 0.1) is 5.92 Å². The summed E-state index contributed by atoms with van der Waals surface area (Å²) < 4.78 is 0. The quantitative estimate of drug-likeness (QED) is 0.749. The second kappa shape index (κ2) is 9.81. The van der Waals surface area contributed by atoms with Crippen LogP contribution < -0.4 is 10.2 Å². The number of nitrogens with zero attached hydrogens (tertiary/aromatic N) is 3. The summed E-state index contributed by atoms with van der Waals surface area (Å²) >= 11 is 1.73. The van der Waals surface area contributed by atoms with E-state index < -0.39 is 0 Å². The van der Waals surface area contributed by atoms with Gasteiger partial charge in [-0.1, -0.05) is 38.1 Å². The molecule has 0 unspecified atom stereocenters. The Labute approximate surface area is 188 Å². The van der Waals surface area contributed by atoms with E-state index in [1.165, 1.54) is 10.4 Å². The Morgan fingerprint density at radius 3 is 2.48 bits per heavy atom. The van der Waals surface area contributed by atoms with Crippen LogP contribution in [-0.2, 0) is 35.4 Å². The summed E-state index contributed by atoms with van der Waals surface area (Å²) in [4.78, 5) is 35.0. The summed E-state index contributed by atoms with van der Waals surface area (Å²) in [7, 11) is 0. The lowest BCUT2D eigenvalue weighted by Gasteiger charge is -2.34. The van der Waals surface area contributed by atoms with Crippen LogP contribution in [0.3, 0.4) is 0 Å². The first kappa shape index (κ1) is 21.8. The van der Waals surface area contributed by atoms with Crippen LogP contribution in [0.1, 0.15) is 48.4 Å². The van der Waals surface area contributed by atoms with E-state index in [1.807, 2.05) is 11.8 Å². The average Bonchev–Trinajstić information content (AvgIpc) is 3.26. The van der Waals surface area contributed by atoms with Gasteiger partial charge < -0.3 is 15.1 Å². The molecule has 2 heterocycles. The van der Waals surface area contributed by atoms with Gasteiger partial charge in [0.15, 0.2) is 5.13 Å². The summed E-state index contributed by atoms with van der Waals surface area (Å²) in [6.07, 6.45) is 4.10. The minimum absolute atomic E-state index is 0.0229. The molecule has 2 aliphatic rings. The van der Waals surface area contributed by atoms with Crippen LogP contribution in [0.4, 0.5) is 5.13 Å². The number of piperazine rings is 1. The first-order valence-corrected chi connectivity index (χ1v) is 12.3.